The van der Waals surface area contributed by atoms with E-state index in [4.69, 9.17) is 52.4 Å². The first kappa shape index (κ1) is 95.1. The van der Waals surface area contributed by atoms with Crippen LogP contribution in [0, 0.1) is 12.8 Å². The number of rotatable bonds is 35. The van der Waals surface area contributed by atoms with Gasteiger partial charge in [-0.15, -0.1) is 22.7 Å². The van der Waals surface area contributed by atoms with E-state index < -0.39 is 194 Å². The van der Waals surface area contributed by atoms with Gasteiger partial charge in [0.05, 0.1) is 85.2 Å². The summed E-state index contributed by atoms with van der Waals surface area (Å²) >= 11 is 2.52. The van der Waals surface area contributed by atoms with Crippen LogP contribution in [-0.2, 0) is 84.5 Å². The van der Waals surface area contributed by atoms with Gasteiger partial charge in [0, 0.05) is 55.5 Å². The third-order valence-electron chi connectivity index (χ3n) is 15.2. The van der Waals surface area contributed by atoms with Crippen LogP contribution < -0.4 is 54.8 Å². The second-order valence-electron chi connectivity index (χ2n) is 22.8. The number of carbonyl (C=O) groups excluding carboxylic acids is 8. The molecule has 2 saturated heterocycles. The summed E-state index contributed by atoms with van der Waals surface area (Å²) in [5.74, 6) is -8.11. The Balaban J connectivity index is 0.0000170. The standard InChI is InChI=1S/C55H83N17O21S3.5H2N.Ru/c1-20-33(69-46(72-44(20)58)25(12-31(57)76)64-13-24(56)45(59)82)50(86)71-35(41(26-14-61-19-65-26)91-54-43(39(80)37(78)29(15-73)90-54)92-53-40(81)42(93-55(60)88)38(79)30(16-74)89-53)51(87)66-22(3)36(77)21(2)47(83)70-34(23(4)75)49(85)63-10-8-32-67-28(18-94-32)52-68-27(17-95-52)48(84)62-9-7-11-96(5)6;;;;;;/h14,17-19,21-25,29-30,34-43,53-54,64,73-75,77-81H,7-13,15-16,56H2,1-6H3,(H13-,57,58,59,60,61,62,63,65,66,69,70,71,72,76,82,83,84,85,86,87,88);5*1H2;/q;5*-1;+6. The molecule has 47 heteroatoms. The van der Waals surface area contributed by atoms with Gasteiger partial charge in [-0.3, -0.25) is 33.6 Å². The second-order valence-corrected chi connectivity index (χ2v) is 27.0. The Morgan fingerprint density at radius 1 is 0.765 bits per heavy atom. The fraction of sp³-hybridized carbons (Fsp3) is 0.618. The Morgan fingerprint density at radius 3 is 2.00 bits per heavy atom. The molecule has 6 heterocycles. The molecule has 43 nitrogen and oxygen atoms in total. The molecule has 4 aromatic rings. The molecule has 0 spiro atoms. The van der Waals surface area contributed by atoms with Crippen molar-refractivity contribution in [3.8, 4) is 10.7 Å². The number of primary amides is 3. The number of aromatic nitrogens is 6. The number of aromatic amines is 1. The minimum absolute atomic E-state index is 0. The van der Waals surface area contributed by atoms with Crippen LogP contribution in [0.5, 0.6) is 0 Å². The molecule has 0 aromatic carbocycles. The number of hydrogen-bond donors (Lipinski definition) is 19. The molecule has 4 aromatic heterocycles. The third-order valence-corrected chi connectivity index (χ3v) is 18.1. The van der Waals surface area contributed by atoms with Gasteiger partial charge in [0.15, 0.2) is 18.7 Å². The molecular formula is C55H93N22O21RuS3+. The maximum absolute atomic E-state index is 15.2. The number of nitrogens with one attached hydrogen (secondary N) is 8. The molecule has 34 N–H and O–H groups in total. The van der Waals surface area contributed by atoms with E-state index in [0.717, 1.165) is 24.7 Å². The van der Waals surface area contributed by atoms with Crippen molar-refractivity contribution in [1.82, 2.24) is 61.8 Å². The molecule has 2 fully saturated rings. The summed E-state index contributed by atoms with van der Waals surface area (Å²) in [5, 5.41) is 108. The van der Waals surface area contributed by atoms with Crippen molar-refractivity contribution in [3.05, 3.63) is 93.2 Å². The molecule has 19 unspecified atom stereocenters. The van der Waals surface area contributed by atoms with Gasteiger partial charge in [0.25, 0.3) is 11.8 Å². The van der Waals surface area contributed by atoms with Crippen LogP contribution in [0.2, 0.25) is 0 Å². The van der Waals surface area contributed by atoms with E-state index in [-0.39, 0.29) is 103 Å². The Bertz CT molecular complexity index is 3300. The normalized spacial score (nSPS) is 22.6. The van der Waals surface area contributed by atoms with Gasteiger partial charge in [-0.2, -0.15) is 0 Å². The van der Waals surface area contributed by atoms with Gasteiger partial charge in [0.2, 0.25) is 29.5 Å². The van der Waals surface area contributed by atoms with Gasteiger partial charge < -0.3 is 166 Å². The fourth-order valence-corrected chi connectivity index (χ4v) is 12.1. The topological polar surface area (TPSA) is 792 Å². The minimum atomic E-state index is -2.20. The Hall–Kier alpha value is -6.88. The van der Waals surface area contributed by atoms with Crippen molar-refractivity contribution < 1.29 is 122 Å². The molecule has 19 atom stereocenters. The van der Waals surface area contributed by atoms with Gasteiger partial charge in [-0.1, -0.05) is 12.7 Å². The minimum Gasteiger partial charge on any atom is -0.693 e. The van der Waals surface area contributed by atoms with Crippen LogP contribution in [-0.4, -0.2) is 267 Å². The number of hydrogen-bond acceptors (Lipinski definition) is 30. The van der Waals surface area contributed by atoms with Gasteiger partial charge >= 0.3 is 25.6 Å². The molecule has 0 bridgehead atoms. The molecule has 102 heavy (non-hydrogen) atoms. The van der Waals surface area contributed by atoms with E-state index in [1.54, 1.807) is 10.8 Å². The van der Waals surface area contributed by atoms with E-state index in [9.17, 15) is 74.4 Å². The van der Waals surface area contributed by atoms with Crippen LogP contribution in [0.3, 0.4) is 0 Å². The molecule has 2 aliphatic rings. The predicted molar refractivity (Wildman–Crippen MR) is 365 cm³/mol. The van der Waals surface area contributed by atoms with Crippen molar-refractivity contribution >= 4 is 86.8 Å². The number of aliphatic hydroxyl groups is 8. The van der Waals surface area contributed by atoms with Gasteiger partial charge in [-0.25, -0.2) is 24.7 Å². The van der Waals surface area contributed by atoms with E-state index in [0.29, 0.717) is 22.3 Å². The van der Waals surface area contributed by atoms with Crippen LogP contribution in [0.4, 0.5) is 10.6 Å². The number of aliphatic hydroxyl groups excluding tert-OH is 8. The summed E-state index contributed by atoms with van der Waals surface area (Å²) in [6.07, 6.45) is -20.1. The average molecular weight is 1600 g/mol. The number of H-pyrrole nitrogens is 1. The monoisotopic (exact) mass is 1600 g/mol. The molecular weight excluding hydrogens is 1500 g/mol. The summed E-state index contributed by atoms with van der Waals surface area (Å²) in [6.45, 7) is 3.06. The number of thiazole rings is 2. The third kappa shape index (κ3) is 25.5. The zero-order valence-electron chi connectivity index (χ0n) is 56.0. The number of nitrogens with two attached hydrogens (primary N) is 9. The van der Waals surface area contributed by atoms with Crippen LogP contribution in [0.1, 0.15) is 88.8 Å². The van der Waals surface area contributed by atoms with Crippen LogP contribution >= 0.6 is 22.7 Å². The molecule has 0 radical (unpaired) electrons. The molecule has 0 saturated carbocycles. The van der Waals surface area contributed by atoms with E-state index >= 15 is 4.79 Å². The molecule has 6 rings (SSSR count). The first-order chi connectivity index (χ1) is 45.3. The van der Waals surface area contributed by atoms with Crippen molar-refractivity contribution in [3.63, 3.8) is 0 Å². The SMILES string of the molecule is Cc1c([NH-])nc(C(CC(N)=O)NCC(N)C(N)=O)nc1C(=O)NC(C(=O)NC(C)C(O)C(C)C(=O)NC(C(=O)NCCc1nc(-c2nc(C(=O)NCCC[S+](C)C)cs2)cs1)C(C)O)C(OC1OC(CO)C(O)C(O)C1OC1OC(CO)C(O)C(OC(N)=O)C1O)c1cnc[nH]1.[NH2-].[NH2-].[NH2-].[NH2-].[NH2-].[Ru+6]. The van der Waals surface area contributed by atoms with E-state index in [1.165, 1.54) is 50.4 Å². The number of imidazole rings is 1. The molecule has 0 aliphatic carbocycles. The van der Waals surface area contributed by atoms with Crippen molar-refractivity contribution in [2.24, 2.45) is 28.9 Å². The Labute approximate surface area is 608 Å². The molecule has 574 valence electrons. The average Bonchev–Trinajstić information content (AvgIpc) is 0.871. The zero-order valence-corrected chi connectivity index (χ0v) is 60.2. The van der Waals surface area contributed by atoms with Crippen molar-refractivity contribution in [2.75, 3.05) is 51.1 Å². The largest absolute Gasteiger partial charge is 6.00 e. The summed E-state index contributed by atoms with van der Waals surface area (Å²) in [4.78, 5) is 130. The molecule has 2 aliphatic heterocycles. The summed E-state index contributed by atoms with van der Waals surface area (Å²) in [6, 6.07) is -7.94. The first-order valence-corrected chi connectivity index (χ1v) is 33.8. The van der Waals surface area contributed by atoms with E-state index in [1.807, 2.05) is 0 Å². The van der Waals surface area contributed by atoms with Gasteiger partial charge in [0.1, 0.15) is 88.8 Å². The second kappa shape index (κ2) is 44.1. The van der Waals surface area contributed by atoms with Gasteiger partial charge in [-0.05, 0) is 37.2 Å². The zero-order chi connectivity index (χ0) is 71.0. The predicted octanol–water partition coefficient (Wildman–Crippen LogP) is -3.02. The number of nitrogens with zero attached hydrogens (tertiary/aromatic N) is 5. The first-order valence-electron chi connectivity index (χ1n) is 29.8. The Kier molecular flexibility index (Phi) is 41.1. The smallest absolute Gasteiger partial charge is 0.693 e. The summed E-state index contributed by atoms with van der Waals surface area (Å²) in [7, 11) is 0.253. The number of amides is 8. The number of carbonyl (C=O) groups is 8. The van der Waals surface area contributed by atoms with Crippen molar-refractivity contribution in [2.45, 2.75) is 157 Å². The quantitative estimate of drug-likeness (QED) is 0.0124. The maximum atomic E-state index is 15.2. The fourth-order valence-electron chi connectivity index (χ4n) is 9.78. The van der Waals surface area contributed by atoms with Crippen LogP contribution in [0.15, 0.2) is 23.3 Å². The number of ether oxygens (including phenoxy) is 5. The van der Waals surface area contributed by atoms with E-state index in [2.05, 4.69) is 74.3 Å². The summed E-state index contributed by atoms with van der Waals surface area (Å²) < 4.78 is 28.7. The van der Waals surface area contributed by atoms with Crippen LogP contribution in [0.25, 0.3) is 47.2 Å². The molecule has 8 amide bonds. The maximum Gasteiger partial charge on any atom is 6.00 e. The Morgan fingerprint density at radius 2 is 1.41 bits per heavy atom. The van der Waals surface area contributed by atoms with Crippen molar-refractivity contribution in [1.29, 1.82) is 0 Å². The summed E-state index contributed by atoms with van der Waals surface area (Å²) in [5.41, 5.74) is 30.3.